The van der Waals surface area contributed by atoms with Gasteiger partial charge in [-0.05, 0) is 31.0 Å². The van der Waals surface area contributed by atoms with E-state index in [1.807, 2.05) is 6.92 Å². The molecule has 6 heteroatoms. The van der Waals surface area contributed by atoms with Crippen LogP contribution in [0.1, 0.15) is 25.3 Å². The molecule has 126 valence electrons. The Labute approximate surface area is 140 Å². The number of hydrogen-bond donors (Lipinski definition) is 1. The predicted octanol–water partition coefficient (Wildman–Crippen LogP) is 2.43. The van der Waals surface area contributed by atoms with E-state index >= 15 is 0 Å². The highest BCUT2D eigenvalue weighted by molar-refractivity contribution is 7.98. The molecule has 1 atom stereocenters. The molecule has 0 aromatic heterocycles. The van der Waals surface area contributed by atoms with Crippen molar-refractivity contribution >= 4 is 23.6 Å². The number of amides is 2. The number of halogens is 1. The second kappa shape index (κ2) is 8.91. The van der Waals surface area contributed by atoms with Crippen LogP contribution >= 0.6 is 11.8 Å². The minimum Gasteiger partial charge on any atom is -0.356 e. The lowest BCUT2D eigenvalue weighted by Gasteiger charge is -2.16. The number of benzene rings is 1. The Morgan fingerprint density at radius 1 is 1.35 bits per heavy atom. The SMILES string of the molecule is CCNC(=O)[C@@H]1CCN(C(=O)CCSCc2ccc(F)cc2)C1. The molecule has 0 saturated carbocycles. The number of carbonyl (C=O) groups is 2. The van der Waals surface area contributed by atoms with Crippen molar-refractivity contribution in [2.45, 2.75) is 25.5 Å². The zero-order valence-corrected chi connectivity index (χ0v) is 14.2. The summed E-state index contributed by atoms with van der Waals surface area (Å²) in [7, 11) is 0. The molecule has 0 spiro atoms. The fraction of sp³-hybridized carbons (Fsp3) is 0.529. The Hall–Kier alpha value is -1.56. The summed E-state index contributed by atoms with van der Waals surface area (Å²) >= 11 is 1.67. The first kappa shape index (κ1) is 17.8. The average molecular weight is 338 g/mol. The Balaban J connectivity index is 1.65. The van der Waals surface area contributed by atoms with Crippen molar-refractivity contribution in [1.29, 1.82) is 0 Å². The standard InChI is InChI=1S/C17H23FN2O2S/c1-2-19-17(22)14-7-9-20(11-14)16(21)8-10-23-12-13-3-5-15(18)6-4-13/h3-6,14H,2,7-12H2,1H3,(H,19,22)/t14-/m1/s1. The van der Waals surface area contributed by atoms with Crippen molar-refractivity contribution < 1.29 is 14.0 Å². The number of carbonyl (C=O) groups excluding carboxylic acids is 2. The zero-order chi connectivity index (χ0) is 16.7. The van der Waals surface area contributed by atoms with Crippen LogP contribution in [0, 0.1) is 11.7 Å². The number of thioether (sulfide) groups is 1. The maximum absolute atomic E-state index is 12.8. The fourth-order valence-corrected chi connectivity index (χ4v) is 3.50. The van der Waals surface area contributed by atoms with E-state index in [2.05, 4.69) is 5.32 Å². The van der Waals surface area contributed by atoms with Crippen LogP contribution in [-0.2, 0) is 15.3 Å². The lowest BCUT2D eigenvalue weighted by Crippen LogP contribution is -2.34. The molecular formula is C17H23FN2O2S. The first-order valence-electron chi connectivity index (χ1n) is 7.97. The molecule has 1 aliphatic heterocycles. The van der Waals surface area contributed by atoms with Crippen LogP contribution in [0.3, 0.4) is 0 Å². The van der Waals surface area contributed by atoms with E-state index in [0.717, 1.165) is 23.5 Å². The van der Waals surface area contributed by atoms with Gasteiger partial charge < -0.3 is 10.2 Å². The number of nitrogens with zero attached hydrogens (tertiary/aromatic N) is 1. The number of hydrogen-bond acceptors (Lipinski definition) is 3. The van der Waals surface area contributed by atoms with Gasteiger partial charge in [0.15, 0.2) is 0 Å². The second-order valence-electron chi connectivity index (χ2n) is 5.65. The summed E-state index contributed by atoms with van der Waals surface area (Å²) in [5.41, 5.74) is 1.06. The van der Waals surface area contributed by atoms with Crippen molar-refractivity contribution in [2.24, 2.45) is 5.92 Å². The zero-order valence-electron chi connectivity index (χ0n) is 13.4. The lowest BCUT2D eigenvalue weighted by atomic mass is 10.1. The van der Waals surface area contributed by atoms with Gasteiger partial charge in [-0.2, -0.15) is 11.8 Å². The smallest absolute Gasteiger partial charge is 0.224 e. The molecule has 1 heterocycles. The van der Waals surface area contributed by atoms with Gasteiger partial charge in [0.2, 0.25) is 11.8 Å². The Kier molecular flexibility index (Phi) is 6.89. The van der Waals surface area contributed by atoms with Crippen LogP contribution in [0.5, 0.6) is 0 Å². The summed E-state index contributed by atoms with van der Waals surface area (Å²) in [5.74, 6) is 1.38. The Morgan fingerprint density at radius 2 is 2.09 bits per heavy atom. The van der Waals surface area contributed by atoms with Crippen LogP contribution < -0.4 is 5.32 Å². The number of likely N-dealkylation sites (tertiary alicyclic amines) is 1. The monoisotopic (exact) mass is 338 g/mol. The van der Waals surface area contributed by atoms with Gasteiger partial charge in [0.05, 0.1) is 5.92 Å². The van der Waals surface area contributed by atoms with Gasteiger partial charge in [-0.25, -0.2) is 4.39 Å². The lowest BCUT2D eigenvalue weighted by molar-refractivity contribution is -0.130. The van der Waals surface area contributed by atoms with Crippen molar-refractivity contribution in [3.05, 3.63) is 35.6 Å². The molecule has 1 fully saturated rings. The summed E-state index contributed by atoms with van der Waals surface area (Å²) in [6.07, 6.45) is 1.23. The van der Waals surface area contributed by atoms with Crippen molar-refractivity contribution in [3.63, 3.8) is 0 Å². The highest BCUT2D eigenvalue weighted by atomic mass is 32.2. The van der Waals surface area contributed by atoms with Gasteiger partial charge in [-0.3, -0.25) is 9.59 Å². The quantitative estimate of drug-likeness (QED) is 0.777. The molecule has 1 aromatic carbocycles. The summed E-state index contributed by atoms with van der Waals surface area (Å²) < 4.78 is 12.8. The molecule has 0 radical (unpaired) electrons. The van der Waals surface area contributed by atoms with Gasteiger partial charge in [0, 0.05) is 37.6 Å². The minimum atomic E-state index is -0.232. The fourth-order valence-electron chi connectivity index (χ4n) is 2.61. The van der Waals surface area contributed by atoms with Gasteiger partial charge >= 0.3 is 0 Å². The van der Waals surface area contributed by atoms with Gasteiger partial charge in [-0.15, -0.1) is 0 Å². The molecule has 0 unspecified atom stereocenters. The van der Waals surface area contributed by atoms with Gasteiger partial charge in [0.1, 0.15) is 5.82 Å². The van der Waals surface area contributed by atoms with Crippen molar-refractivity contribution in [2.75, 3.05) is 25.4 Å². The third kappa shape index (κ3) is 5.53. The summed E-state index contributed by atoms with van der Waals surface area (Å²) in [6.45, 7) is 3.73. The topological polar surface area (TPSA) is 49.4 Å². The third-order valence-corrected chi connectivity index (χ3v) is 4.94. The van der Waals surface area contributed by atoms with Crippen LogP contribution in [0.2, 0.25) is 0 Å². The number of rotatable bonds is 7. The third-order valence-electron chi connectivity index (χ3n) is 3.91. The molecule has 4 nitrogen and oxygen atoms in total. The van der Waals surface area contributed by atoms with Gasteiger partial charge in [-0.1, -0.05) is 12.1 Å². The molecule has 1 aliphatic rings. The van der Waals surface area contributed by atoms with E-state index in [1.165, 1.54) is 12.1 Å². The largest absolute Gasteiger partial charge is 0.356 e. The van der Waals surface area contributed by atoms with Crippen LogP contribution in [-0.4, -0.2) is 42.1 Å². The molecule has 1 N–H and O–H groups in total. The first-order chi connectivity index (χ1) is 11.1. The maximum atomic E-state index is 12.8. The van der Waals surface area contributed by atoms with E-state index in [0.29, 0.717) is 26.1 Å². The maximum Gasteiger partial charge on any atom is 0.224 e. The highest BCUT2D eigenvalue weighted by Crippen LogP contribution is 2.19. The molecule has 1 aromatic rings. The van der Waals surface area contributed by atoms with E-state index in [4.69, 9.17) is 0 Å². The molecule has 0 aliphatic carbocycles. The number of nitrogens with one attached hydrogen (secondary N) is 1. The normalized spacial score (nSPS) is 17.3. The molecule has 2 amide bonds. The minimum absolute atomic E-state index is 0.0495. The van der Waals surface area contributed by atoms with Crippen LogP contribution in [0.25, 0.3) is 0 Å². The van der Waals surface area contributed by atoms with Crippen molar-refractivity contribution in [3.8, 4) is 0 Å². The predicted molar refractivity (Wildman–Crippen MR) is 90.5 cm³/mol. The van der Waals surface area contributed by atoms with Crippen LogP contribution in [0.15, 0.2) is 24.3 Å². The van der Waals surface area contributed by atoms with E-state index in [-0.39, 0.29) is 23.5 Å². The Bertz CT molecular complexity index is 536. The summed E-state index contributed by atoms with van der Waals surface area (Å²) in [6, 6.07) is 6.43. The van der Waals surface area contributed by atoms with Crippen LogP contribution in [0.4, 0.5) is 4.39 Å². The molecule has 0 bridgehead atoms. The van der Waals surface area contributed by atoms with E-state index in [1.54, 1.807) is 28.8 Å². The molecule has 2 rings (SSSR count). The first-order valence-corrected chi connectivity index (χ1v) is 9.13. The molecule has 23 heavy (non-hydrogen) atoms. The highest BCUT2D eigenvalue weighted by Gasteiger charge is 2.30. The molecular weight excluding hydrogens is 315 g/mol. The van der Waals surface area contributed by atoms with E-state index < -0.39 is 0 Å². The summed E-state index contributed by atoms with van der Waals surface area (Å²) in [4.78, 5) is 25.7. The van der Waals surface area contributed by atoms with E-state index in [9.17, 15) is 14.0 Å². The molecule has 1 saturated heterocycles. The van der Waals surface area contributed by atoms with Gasteiger partial charge in [0.25, 0.3) is 0 Å². The second-order valence-corrected chi connectivity index (χ2v) is 6.75. The average Bonchev–Trinajstić information content (AvgIpc) is 3.03. The van der Waals surface area contributed by atoms with Crippen molar-refractivity contribution in [1.82, 2.24) is 10.2 Å². The summed E-state index contributed by atoms with van der Waals surface area (Å²) in [5, 5.41) is 2.81. The Morgan fingerprint density at radius 3 is 2.78 bits per heavy atom.